The minimum Gasteiger partial charge on any atom is -0.478 e. The summed E-state index contributed by atoms with van der Waals surface area (Å²) >= 11 is 0. The van der Waals surface area contributed by atoms with E-state index < -0.39 is 12.5 Å². The monoisotopic (exact) mass is 489 g/mol. The highest BCUT2D eigenvalue weighted by Crippen LogP contribution is 2.26. The predicted octanol–water partition coefficient (Wildman–Crippen LogP) is 5.58. The number of aryl methyl sites for hydroxylation is 1. The number of carboxylic acid groups (broad SMARTS) is 1. The minimum atomic E-state index is -1.09. The van der Waals surface area contributed by atoms with Crippen LogP contribution < -0.4 is 4.90 Å². The minimum absolute atomic E-state index is 0.363. The van der Waals surface area contributed by atoms with Crippen LogP contribution in [0.2, 0.25) is 0 Å². The molecule has 5 aromatic rings. The largest absolute Gasteiger partial charge is 0.478 e. The van der Waals surface area contributed by atoms with Gasteiger partial charge in [0.2, 0.25) is 0 Å². The van der Waals surface area contributed by atoms with Gasteiger partial charge in [-0.25, -0.2) is 4.79 Å². The number of hydrogen-bond acceptors (Lipinski definition) is 4. The molecule has 7 nitrogen and oxygen atoms in total. The van der Waals surface area contributed by atoms with Crippen LogP contribution in [0.25, 0.3) is 28.1 Å². The molecule has 0 radical (unpaired) electrons. The standard InChI is InChI=1S/C30H24N4O3/c1-33-28-13-12-25(16-26(28)18-32-33)23-10-7-21(8-11-23)20-34(30(37)24-5-3-2-4-6-24)27-15-22(17-31-19-27)9-14-29(35)36/h2-19H,20H2,1H3,(H,35,36)/b14-9+/i20D. The van der Waals surface area contributed by atoms with Crippen molar-refractivity contribution in [2.24, 2.45) is 7.05 Å². The van der Waals surface area contributed by atoms with Crippen molar-refractivity contribution in [3.63, 3.8) is 0 Å². The van der Waals surface area contributed by atoms with E-state index in [0.29, 0.717) is 22.4 Å². The lowest BCUT2D eigenvalue weighted by Gasteiger charge is -2.23. The van der Waals surface area contributed by atoms with Crippen molar-refractivity contribution >= 4 is 34.5 Å². The third-order valence-electron chi connectivity index (χ3n) is 5.95. The number of rotatable bonds is 7. The first kappa shape index (κ1) is 22.4. The first-order chi connectivity index (χ1) is 18.4. The molecule has 0 aliphatic heterocycles. The SMILES string of the molecule is [2H]C(c1ccc(-c2ccc3c(cnn3C)c2)cc1)N(C(=O)c1ccccc1)c1cncc(/C=C/C(=O)O)c1. The maximum absolute atomic E-state index is 13.6. The molecule has 5 rings (SSSR count). The fourth-order valence-electron chi connectivity index (χ4n) is 4.06. The van der Waals surface area contributed by atoms with Gasteiger partial charge in [-0.15, -0.1) is 0 Å². The Morgan fingerprint density at radius 3 is 2.49 bits per heavy atom. The second-order valence-corrected chi connectivity index (χ2v) is 8.48. The summed E-state index contributed by atoms with van der Waals surface area (Å²) in [6.45, 7) is -1.07. The summed E-state index contributed by atoms with van der Waals surface area (Å²) in [5.74, 6) is -1.45. The van der Waals surface area contributed by atoms with Crippen molar-refractivity contribution in [1.82, 2.24) is 14.8 Å². The average molecular weight is 490 g/mol. The van der Waals surface area contributed by atoms with E-state index in [1.807, 2.05) is 60.4 Å². The van der Waals surface area contributed by atoms with Gasteiger partial charge < -0.3 is 10.0 Å². The van der Waals surface area contributed by atoms with Crippen LogP contribution in [0.3, 0.4) is 0 Å². The van der Waals surface area contributed by atoms with Gasteiger partial charge in [0.15, 0.2) is 0 Å². The number of benzene rings is 3. The molecular formula is C30H24N4O3. The lowest BCUT2D eigenvalue weighted by atomic mass is 10.0. The van der Waals surface area contributed by atoms with Gasteiger partial charge in [-0.1, -0.05) is 48.5 Å². The van der Waals surface area contributed by atoms with Crippen molar-refractivity contribution in [3.05, 3.63) is 120 Å². The van der Waals surface area contributed by atoms with Crippen LogP contribution in [-0.2, 0) is 18.4 Å². The summed E-state index contributed by atoms with van der Waals surface area (Å²) in [6, 6.07) is 24.1. The predicted molar refractivity (Wildman–Crippen MR) is 144 cm³/mol. The molecule has 0 saturated carbocycles. The first-order valence-corrected chi connectivity index (χ1v) is 11.6. The third kappa shape index (κ3) is 5.31. The summed E-state index contributed by atoms with van der Waals surface area (Å²) in [7, 11) is 1.90. The van der Waals surface area contributed by atoms with E-state index in [-0.39, 0.29) is 5.91 Å². The van der Waals surface area contributed by atoms with Gasteiger partial charge in [0, 0.05) is 30.3 Å². The van der Waals surface area contributed by atoms with Crippen molar-refractivity contribution in [1.29, 1.82) is 0 Å². The van der Waals surface area contributed by atoms with Gasteiger partial charge in [-0.2, -0.15) is 5.10 Å². The zero-order valence-electron chi connectivity index (χ0n) is 21.0. The van der Waals surface area contributed by atoms with Gasteiger partial charge in [0.1, 0.15) is 0 Å². The van der Waals surface area contributed by atoms with Crippen LogP contribution in [0.4, 0.5) is 5.69 Å². The number of amides is 1. The van der Waals surface area contributed by atoms with Crippen molar-refractivity contribution in [2.45, 2.75) is 6.52 Å². The highest BCUT2D eigenvalue weighted by molar-refractivity contribution is 6.06. The van der Waals surface area contributed by atoms with Gasteiger partial charge in [-0.3, -0.25) is 14.5 Å². The van der Waals surface area contributed by atoms with Crippen molar-refractivity contribution in [2.75, 3.05) is 4.90 Å². The quantitative estimate of drug-likeness (QED) is 0.302. The highest BCUT2D eigenvalue weighted by Gasteiger charge is 2.19. The maximum atomic E-state index is 13.6. The number of fused-ring (bicyclic) bond motifs is 1. The summed E-state index contributed by atoms with van der Waals surface area (Å²) in [6.07, 6.45) is 7.23. The number of nitrogens with zero attached hydrogens (tertiary/aromatic N) is 4. The number of carbonyl (C=O) groups is 2. The molecule has 0 fully saturated rings. The average Bonchev–Trinajstić information content (AvgIpc) is 3.32. The summed E-state index contributed by atoms with van der Waals surface area (Å²) in [4.78, 5) is 30.1. The van der Waals surface area contributed by atoms with Crippen LogP contribution in [0.15, 0.2) is 104 Å². The van der Waals surface area contributed by atoms with Crippen LogP contribution in [0, 0.1) is 0 Å². The molecule has 0 aliphatic rings. The molecule has 2 aromatic heterocycles. The van der Waals surface area contributed by atoms with E-state index in [0.717, 1.165) is 28.1 Å². The zero-order valence-corrected chi connectivity index (χ0v) is 20.0. The smallest absolute Gasteiger partial charge is 0.328 e. The Morgan fingerprint density at radius 2 is 1.73 bits per heavy atom. The molecule has 182 valence electrons. The zero-order chi connectivity index (χ0) is 26.6. The first-order valence-electron chi connectivity index (χ1n) is 12.2. The molecule has 1 amide bonds. The lowest BCUT2D eigenvalue weighted by molar-refractivity contribution is -0.131. The number of hydrogen-bond donors (Lipinski definition) is 1. The number of aromatic nitrogens is 3. The topological polar surface area (TPSA) is 88.3 Å². The summed E-state index contributed by atoms with van der Waals surface area (Å²) in [5, 5.41) is 14.3. The number of carbonyl (C=O) groups excluding carboxylic acids is 1. The van der Waals surface area contributed by atoms with Gasteiger partial charge in [0.25, 0.3) is 5.91 Å². The van der Waals surface area contributed by atoms with E-state index in [4.69, 9.17) is 6.48 Å². The van der Waals surface area contributed by atoms with E-state index in [1.165, 1.54) is 23.4 Å². The van der Waals surface area contributed by atoms with E-state index in [9.17, 15) is 9.59 Å². The fraction of sp³-hybridized carbons (Fsp3) is 0.0667. The molecular weight excluding hydrogens is 464 g/mol. The summed E-state index contributed by atoms with van der Waals surface area (Å²) in [5.41, 5.74) is 4.99. The molecule has 1 atom stereocenters. The van der Waals surface area contributed by atoms with Crippen molar-refractivity contribution < 1.29 is 16.1 Å². The Hall–Kier alpha value is -5.04. The highest BCUT2D eigenvalue weighted by atomic mass is 16.4. The number of pyridine rings is 1. The van der Waals surface area contributed by atoms with Crippen LogP contribution in [0.5, 0.6) is 0 Å². The molecule has 3 aromatic carbocycles. The Balaban J connectivity index is 1.50. The Kier molecular flexibility index (Phi) is 6.24. The normalized spacial score (nSPS) is 12.4. The number of anilines is 1. The van der Waals surface area contributed by atoms with Gasteiger partial charge in [0.05, 0.1) is 31.5 Å². The number of carboxylic acids is 1. The molecule has 7 heteroatoms. The van der Waals surface area contributed by atoms with Crippen LogP contribution in [0.1, 0.15) is 22.9 Å². The van der Waals surface area contributed by atoms with Gasteiger partial charge in [-0.05, 0) is 58.7 Å². The van der Waals surface area contributed by atoms with E-state index in [1.54, 1.807) is 30.3 Å². The Labute approximate surface area is 215 Å². The fourth-order valence-corrected chi connectivity index (χ4v) is 4.06. The molecule has 37 heavy (non-hydrogen) atoms. The van der Waals surface area contributed by atoms with Crippen LogP contribution >= 0.6 is 0 Å². The Bertz CT molecular complexity index is 1650. The molecule has 0 bridgehead atoms. The summed E-state index contributed by atoms with van der Waals surface area (Å²) < 4.78 is 10.9. The molecule has 1 N–H and O–H groups in total. The molecule has 2 heterocycles. The lowest BCUT2D eigenvalue weighted by Crippen LogP contribution is -2.30. The van der Waals surface area contributed by atoms with Crippen LogP contribution in [-0.4, -0.2) is 31.7 Å². The van der Waals surface area contributed by atoms with Gasteiger partial charge >= 0.3 is 5.97 Å². The molecule has 0 aliphatic carbocycles. The second kappa shape index (κ2) is 10.3. The van der Waals surface area contributed by atoms with E-state index >= 15 is 0 Å². The molecule has 0 saturated heterocycles. The second-order valence-electron chi connectivity index (χ2n) is 8.48. The third-order valence-corrected chi connectivity index (χ3v) is 5.95. The Morgan fingerprint density at radius 1 is 0.973 bits per heavy atom. The number of aliphatic carboxylic acids is 1. The van der Waals surface area contributed by atoms with Crippen molar-refractivity contribution in [3.8, 4) is 11.1 Å². The molecule has 0 spiro atoms. The molecule has 1 unspecified atom stereocenters. The maximum Gasteiger partial charge on any atom is 0.328 e. The van der Waals surface area contributed by atoms with E-state index in [2.05, 4.69) is 16.1 Å².